The molecule has 0 aromatic heterocycles. The van der Waals surface area contributed by atoms with Gasteiger partial charge in [0.15, 0.2) is 6.10 Å². The molecule has 152 valence electrons. The van der Waals surface area contributed by atoms with Crippen LogP contribution in [0.4, 0.5) is 0 Å². The molecule has 0 saturated carbocycles. The van der Waals surface area contributed by atoms with E-state index in [0.29, 0.717) is 13.2 Å². The lowest BCUT2D eigenvalue weighted by Crippen LogP contribution is -2.64. The Kier molecular flexibility index (Phi) is 6.26. The normalized spacial score (nSPS) is 18.4. The standard InChI is InChI=1S/C26H25NO3/c1-29-23-15-12-20(13-16-23)14-17-24-25(30-19-22-10-6-3-7-11-22)26(28)27(24)18-21-8-4-2-5-9-21/h2-17,24-25H,18-19H2,1H3/b17-14+/t24-,25+/m0/s1. The summed E-state index contributed by atoms with van der Waals surface area (Å²) >= 11 is 0. The Morgan fingerprint density at radius 3 is 2.13 bits per heavy atom. The molecule has 3 aromatic rings. The van der Waals surface area contributed by atoms with E-state index in [4.69, 9.17) is 9.47 Å². The van der Waals surface area contributed by atoms with Gasteiger partial charge in [0, 0.05) is 6.54 Å². The zero-order valence-corrected chi connectivity index (χ0v) is 17.0. The Labute approximate surface area is 177 Å². The molecule has 0 radical (unpaired) electrons. The van der Waals surface area contributed by atoms with Gasteiger partial charge in [0.1, 0.15) is 5.75 Å². The third-order valence-electron chi connectivity index (χ3n) is 5.27. The van der Waals surface area contributed by atoms with E-state index in [-0.39, 0.29) is 11.9 Å². The number of hydrogen-bond donors (Lipinski definition) is 0. The third kappa shape index (κ3) is 4.61. The molecule has 3 aromatic carbocycles. The minimum atomic E-state index is -0.469. The summed E-state index contributed by atoms with van der Waals surface area (Å²) in [7, 11) is 1.65. The number of rotatable bonds is 8. The highest BCUT2D eigenvalue weighted by molar-refractivity contribution is 5.89. The van der Waals surface area contributed by atoms with Crippen molar-refractivity contribution in [3.05, 3.63) is 108 Å². The smallest absolute Gasteiger partial charge is 0.255 e. The zero-order valence-electron chi connectivity index (χ0n) is 17.0. The van der Waals surface area contributed by atoms with Crippen molar-refractivity contribution < 1.29 is 14.3 Å². The van der Waals surface area contributed by atoms with Gasteiger partial charge in [-0.1, -0.05) is 84.9 Å². The first kappa shape index (κ1) is 19.9. The van der Waals surface area contributed by atoms with Gasteiger partial charge >= 0.3 is 0 Å². The molecule has 0 aliphatic carbocycles. The van der Waals surface area contributed by atoms with Gasteiger partial charge in [-0.2, -0.15) is 0 Å². The fourth-order valence-electron chi connectivity index (χ4n) is 3.56. The van der Waals surface area contributed by atoms with Crippen LogP contribution in [0.1, 0.15) is 16.7 Å². The Morgan fingerprint density at radius 2 is 1.50 bits per heavy atom. The van der Waals surface area contributed by atoms with E-state index in [1.165, 1.54) is 0 Å². The molecule has 1 aliphatic heterocycles. The maximum Gasteiger partial charge on any atom is 0.255 e. The fraction of sp³-hybridized carbons (Fsp3) is 0.192. The van der Waals surface area contributed by atoms with Gasteiger partial charge < -0.3 is 14.4 Å². The minimum absolute atomic E-state index is 0.0270. The number of amides is 1. The molecule has 2 atom stereocenters. The van der Waals surface area contributed by atoms with Crippen molar-refractivity contribution in [3.8, 4) is 5.75 Å². The monoisotopic (exact) mass is 399 g/mol. The molecule has 0 bridgehead atoms. The Morgan fingerprint density at radius 1 is 0.867 bits per heavy atom. The Bertz CT molecular complexity index is 984. The first-order chi connectivity index (χ1) is 14.7. The van der Waals surface area contributed by atoms with Crippen LogP contribution < -0.4 is 4.74 Å². The highest BCUT2D eigenvalue weighted by atomic mass is 16.5. The molecule has 30 heavy (non-hydrogen) atoms. The first-order valence-corrected chi connectivity index (χ1v) is 10.1. The van der Waals surface area contributed by atoms with Gasteiger partial charge in [0.25, 0.3) is 5.91 Å². The van der Waals surface area contributed by atoms with Crippen LogP contribution in [0.15, 0.2) is 91.0 Å². The minimum Gasteiger partial charge on any atom is -0.497 e. The Balaban J connectivity index is 1.49. The molecular weight excluding hydrogens is 374 g/mol. The molecule has 1 saturated heterocycles. The zero-order chi connectivity index (χ0) is 20.8. The summed E-state index contributed by atoms with van der Waals surface area (Å²) in [4.78, 5) is 14.7. The average Bonchev–Trinajstić information content (AvgIpc) is 2.81. The quantitative estimate of drug-likeness (QED) is 0.515. The van der Waals surface area contributed by atoms with E-state index < -0.39 is 6.10 Å². The van der Waals surface area contributed by atoms with Crippen LogP contribution in [0.3, 0.4) is 0 Å². The average molecular weight is 399 g/mol. The summed E-state index contributed by atoms with van der Waals surface area (Å²) in [5, 5.41) is 0. The molecular formula is C26H25NO3. The fourth-order valence-corrected chi connectivity index (χ4v) is 3.56. The van der Waals surface area contributed by atoms with E-state index in [1.54, 1.807) is 7.11 Å². The molecule has 1 amide bonds. The van der Waals surface area contributed by atoms with Gasteiger partial charge in [-0.25, -0.2) is 0 Å². The summed E-state index contributed by atoms with van der Waals surface area (Å²) < 4.78 is 11.2. The maximum absolute atomic E-state index is 12.8. The molecule has 4 nitrogen and oxygen atoms in total. The van der Waals surface area contributed by atoms with Crippen LogP contribution in [0, 0.1) is 0 Å². The van der Waals surface area contributed by atoms with Crippen molar-refractivity contribution in [1.82, 2.24) is 4.90 Å². The number of hydrogen-bond acceptors (Lipinski definition) is 3. The van der Waals surface area contributed by atoms with Crippen LogP contribution >= 0.6 is 0 Å². The number of benzene rings is 3. The number of nitrogens with zero attached hydrogens (tertiary/aromatic N) is 1. The van der Waals surface area contributed by atoms with Gasteiger partial charge in [-0.3, -0.25) is 4.79 Å². The molecule has 0 spiro atoms. The van der Waals surface area contributed by atoms with Crippen molar-refractivity contribution in [2.24, 2.45) is 0 Å². The first-order valence-electron chi connectivity index (χ1n) is 10.1. The number of ether oxygens (including phenoxy) is 2. The van der Waals surface area contributed by atoms with Crippen molar-refractivity contribution in [1.29, 1.82) is 0 Å². The summed E-state index contributed by atoms with van der Waals surface area (Å²) in [6, 6.07) is 27.7. The van der Waals surface area contributed by atoms with Crippen molar-refractivity contribution in [2.45, 2.75) is 25.3 Å². The summed E-state index contributed by atoms with van der Waals surface area (Å²) in [5.41, 5.74) is 3.22. The summed E-state index contributed by atoms with van der Waals surface area (Å²) in [5.74, 6) is 0.847. The van der Waals surface area contributed by atoms with Gasteiger partial charge in [-0.15, -0.1) is 0 Å². The van der Waals surface area contributed by atoms with E-state index in [2.05, 4.69) is 6.08 Å². The third-order valence-corrected chi connectivity index (χ3v) is 5.27. The lowest BCUT2D eigenvalue weighted by Gasteiger charge is -2.45. The van der Waals surface area contributed by atoms with Crippen LogP contribution in [-0.4, -0.2) is 30.1 Å². The number of carbonyl (C=O) groups is 1. The predicted octanol–water partition coefficient (Wildman–Crippen LogP) is 4.70. The van der Waals surface area contributed by atoms with E-state index in [1.807, 2.05) is 95.9 Å². The molecule has 4 heteroatoms. The molecule has 1 fully saturated rings. The highest BCUT2D eigenvalue weighted by Crippen LogP contribution is 2.28. The van der Waals surface area contributed by atoms with E-state index in [9.17, 15) is 4.79 Å². The second kappa shape index (κ2) is 9.42. The van der Waals surface area contributed by atoms with Crippen LogP contribution in [0.2, 0.25) is 0 Å². The number of β-lactam (4-membered cyclic amide) rings is 1. The lowest BCUT2D eigenvalue weighted by molar-refractivity contribution is -0.172. The maximum atomic E-state index is 12.8. The second-order valence-corrected chi connectivity index (χ2v) is 7.29. The van der Waals surface area contributed by atoms with Crippen LogP contribution in [0.25, 0.3) is 6.08 Å². The van der Waals surface area contributed by atoms with E-state index in [0.717, 1.165) is 22.4 Å². The number of carbonyl (C=O) groups excluding carboxylic acids is 1. The van der Waals surface area contributed by atoms with Gasteiger partial charge in [0.2, 0.25) is 0 Å². The molecule has 1 aliphatic rings. The van der Waals surface area contributed by atoms with Crippen molar-refractivity contribution >= 4 is 12.0 Å². The molecule has 4 rings (SSSR count). The number of likely N-dealkylation sites (tertiary alicyclic amines) is 1. The molecule has 0 N–H and O–H groups in total. The van der Waals surface area contributed by atoms with E-state index >= 15 is 0 Å². The number of methoxy groups -OCH3 is 1. The van der Waals surface area contributed by atoms with Crippen LogP contribution in [0.5, 0.6) is 5.75 Å². The van der Waals surface area contributed by atoms with Crippen molar-refractivity contribution in [2.75, 3.05) is 7.11 Å². The molecule has 1 heterocycles. The second-order valence-electron chi connectivity index (χ2n) is 7.29. The largest absolute Gasteiger partial charge is 0.497 e. The van der Waals surface area contributed by atoms with Crippen molar-refractivity contribution in [3.63, 3.8) is 0 Å². The Hall–Kier alpha value is -3.37. The molecule has 0 unspecified atom stereocenters. The summed E-state index contributed by atoms with van der Waals surface area (Å²) in [6.45, 7) is 0.992. The summed E-state index contributed by atoms with van der Waals surface area (Å²) in [6.07, 6.45) is 3.62. The SMILES string of the molecule is COc1ccc(/C=C/[C@H]2[C@@H](OCc3ccccc3)C(=O)N2Cc2ccccc2)cc1. The van der Waals surface area contributed by atoms with Crippen LogP contribution in [-0.2, 0) is 22.7 Å². The predicted molar refractivity (Wildman–Crippen MR) is 118 cm³/mol. The lowest BCUT2D eigenvalue weighted by atomic mass is 9.95. The van der Waals surface area contributed by atoms with Gasteiger partial charge in [-0.05, 0) is 28.8 Å². The van der Waals surface area contributed by atoms with Gasteiger partial charge in [0.05, 0.1) is 19.8 Å². The topological polar surface area (TPSA) is 38.8 Å². The highest BCUT2D eigenvalue weighted by Gasteiger charge is 2.46.